The molecule has 0 bridgehead atoms. The van der Waals surface area contributed by atoms with E-state index in [1.54, 1.807) is 0 Å². The van der Waals surface area contributed by atoms with Crippen LogP contribution in [0.5, 0.6) is 5.75 Å². The van der Waals surface area contributed by atoms with Crippen molar-refractivity contribution in [3.63, 3.8) is 0 Å². The van der Waals surface area contributed by atoms with Crippen molar-refractivity contribution in [2.24, 2.45) is 0 Å². The minimum Gasteiger partial charge on any atom is -0.491 e. The molecule has 6 heteroatoms. The Morgan fingerprint density at radius 2 is 2.00 bits per heavy atom. The van der Waals surface area contributed by atoms with Crippen molar-refractivity contribution in [3.05, 3.63) is 29.8 Å². The molecule has 1 unspecified atom stereocenters. The maximum Gasteiger partial charge on any atom is 0.326 e. The van der Waals surface area contributed by atoms with Gasteiger partial charge in [-0.1, -0.05) is 13.8 Å². The Morgan fingerprint density at radius 3 is 2.53 bits per heavy atom. The van der Waals surface area contributed by atoms with Gasteiger partial charge in [0.15, 0.2) is 11.6 Å². The molecule has 1 rings (SSSR count). The van der Waals surface area contributed by atoms with E-state index in [9.17, 15) is 13.6 Å². The van der Waals surface area contributed by atoms with E-state index >= 15 is 0 Å². The van der Waals surface area contributed by atoms with Gasteiger partial charge in [-0.05, 0) is 12.1 Å². The van der Waals surface area contributed by atoms with Crippen molar-refractivity contribution in [3.8, 4) is 5.75 Å². The smallest absolute Gasteiger partial charge is 0.326 e. The fraction of sp³-hybridized carbons (Fsp3) is 0.462. The SMILES string of the molecule is COC(=O)C(COc1ccc(F)c(F)c1)NC(C)C. The van der Waals surface area contributed by atoms with Gasteiger partial charge < -0.3 is 9.47 Å². The molecule has 19 heavy (non-hydrogen) atoms. The van der Waals surface area contributed by atoms with Gasteiger partial charge in [0.2, 0.25) is 0 Å². The van der Waals surface area contributed by atoms with Crippen LogP contribution in [0.2, 0.25) is 0 Å². The number of nitrogens with one attached hydrogen (secondary N) is 1. The van der Waals surface area contributed by atoms with Crippen LogP contribution < -0.4 is 10.1 Å². The van der Waals surface area contributed by atoms with Gasteiger partial charge in [-0.15, -0.1) is 0 Å². The van der Waals surface area contributed by atoms with Gasteiger partial charge in [-0.25, -0.2) is 8.78 Å². The number of esters is 1. The Balaban J connectivity index is 2.64. The van der Waals surface area contributed by atoms with Gasteiger partial charge in [-0.2, -0.15) is 0 Å². The minimum atomic E-state index is -0.996. The van der Waals surface area contributed by atoms with E-state index in [1.807, 2.05) is 13.8 Å². The lowest BCUT2D eigenvalue weighted by atomic mass is 10.2. The second-order valence-corrected chi connectivity index (χ2v) is 4.28. The lowest BCUT2D eigenvalue weighted by Gasteiger charge is -2.19. The molecule has 0 aliphatic rings. The highest BCUT2D eigenvalue weighted by molar-refractivity contribution is 5.75. The van der Waals surface area contributed by atoms with Crippen LogP contribution in [0, 0.1) is 11.6 Å². The molecule has 1 atom stereocenters. The number of ether oxygens (including phenoxy) is 2. The predicted octanol–water partition coefficient (Wildman–Crippen LogP) is 1.88. The third kappa shape index (κ3) is 4.82. The molecule has 1 N–H and O–H groups in total. The lowest BCUT2D eigenvalue weighted by molar-refractivity contribution is -0.144. The highest BCUT2D eigenvalue weighted by atomic mass is 19.2. The molecular formula is C13H17F2NO3. The van der Waals surface area contributed by atoms with Crippen molar-refractivity contribution in [1.82, 2.24) is 5.32 Å². The summed E-state index contributed by atoms with van der Waals surface area (Å²) in [6.07, 6.45) is 0. The van der Waals surface area contributed by atoms with Crippen LogP contribution in [0.25, 0.3) is 0 Å². The second-order valence-electron chi connectivity index (χ2n) is 4.28. The fourth-order valence-electron chi connectivity index (χ4n) is 1.48. The molecule has 0 aliphatic heterocycles. The molecule has 0 spiro atoms. The number of rotatable bonds is 6. The molecule has 106 valence electrons. The van der Waals surface area contributed by atoms with Gasteiger partial charge in [0, 0.05) is 12.1 Å². The molecule has 0 saturated heterocycles. The van der Waals surface area contributed by atoms with E-state index in [-0.39, 0.29) is 18.4 Å². The van der Waals surface area contributed by atoms with E-state index in [0.717, 1.165) is 12.1 Å². The van der Waals surface area contributed by atoms with Gasteiger partial charge in [0.25, 0.3) is 0 Å². The first kappa shape index (κ1) is 15.4. The maximum atomic E-state index is 13.0. The van der Waals surface area contributed by atoms with Crippen molar-refractivity contribution in [2.75, 3.05) is 13.7 Å². The third-order valence-corrected chi connectivity index (χ3v) is 2.33. The van der Waals surface area contributed by atoms with Crippen LogP contribution in [-0.2, 0) is 9.53 Å². The quantitative estimate of drug-likeness (QED) is 0.804. The highest BCUT2D eigenvalue weighted by Crippen LogP contribution is 2.15. The minimum absolute atomic E-state index is 0.0318. The van der Waals surface area contributed by atoms with Crippen LogP contribution in [0.4, 0.5) is 8.78 Å². The molecule has 4 nitrogen and oxygen atoms in total. The van der Waals surface area contributed by atoms with Crippen molar-refractivity contribution >= 4 is 5.97 Å². The summed E-state index contributed by atoms with van der Waals surface area (Å²) in [7, 11) is 1.27. The van der Waals surface area contributed by atoms with Crippen molar-refractivity contribution in [2.45, 2.75) is 25.9 Å². The van der Waals surface area contributed by atoms with Crippen molar-refractivity contribution in [1.29, 1.82) is 0 Å². The number of hydrogen-bond acceptors (Lipinski definition) is 4. The van der Waals surface area contributed by atoms with E-state index in [0.29, 0.717) is 0 Å². The molecule has 1 aromatic carbocycles. The summed E-state index contributed by atoms with van der Waals surface area (Å²) in [5.74, 6) is -2.27. The largest absolute Gasteiger partial charge is 0.491 e. The molecular weight excluding hydrogens is 256 g/mol. The fourth-order valence-corrected chi connectivity index (χ4v) is 1.48. The lowest BCUT2D eigenvalue weighted by Crippen LogP contribution is -2.45. The van der Waals surface area contributed by atoms with Gasteiger partial charge in [0.1, 0.15) is 18.4 Å². The Kier molecular flexibility index (Phi) is 5.69. The Hall–Kier alpha value is -1.69. The maximum absolute atomic E-state index is 13.0. The zero-order valence-electron chi connectivity index (χ0n) is 11.1. The summed E-state index contributed by atoms with van der Waals surface area (Å²) in [5, 5.41) is 2.96. The van der Waals surface area contributed by atoms with Crippen molar-refractivity contribution < 1.29 is 23.0 Å². The number of carbonyl (C=O) groups excluding carboxylic acids is 1. The molecule has 0 aliphatic carbocycles. The van der Waals surface area contributed by atoms with Crippen LogP contribution in [0.15, 0.2) is 18.2 Å². The molecule has 0 fully saturated rings. The molecule has 0 aromatic heterocycles. The molecule has 1 aromatic rings. The average Bonchev–Trinajstić information content (AvgIpc) is 2.37. The third-order valence-electron chi connectivity index (χ3n) is 2.33. The van der Waals surface area contributed by atoms with Crippen LogP contribution in [-0.4, -0.2) is 31.8 Å². The molecule has 0 heterocycles. The van der Waals surface area contributed by atoms with E-state index in [4.69, 9.17) is 4.74 Å². The Labute approximate surface area is 110 Å². The Bertz CT molecular complexity index is 438. The summed E-state index contributed by atoms with van der Waals surface area (Å²) in [4.78, 5) is 11.5. The Morgan fingerprint density at radius 1 is 1.32 bits per heavy atom. The normalized spacial score (nSPS) is 12.3. The average molecular weight is 273 g/mol. The van der Waals surface area contributed by atoms with E-state index in [1.165, 1.54) is 13.2 Å². The zero-order chi connectivity index (χ0) is 14.4. The number of halogens is 2. The van der Waals surface area contributed by atoms with Gasteiger partial charge in [-0.3, -0.25) is 10.1 Å². The van der Waals surface area contributed by atoms with Gasteiger partial charge in [0.05, 0.1) is 7.11 Å². The van der Waals surface area contributed by atoms with Crippen LogP contribution in [0.1, 0.15) is 13.8 Å². The number of carbonyl (C=O) groups is 1. The topological polar surface area (TPSA) is 47.6 Å². The molecule has 0 radical (unpaired) electrons. The summed E-state index contributed by atoms with van der Waals surface area (Å²) in [5.41, 5.74) is 0. The molecule has 0 amide bonds. The number of hydrogen-bond donors (Lipinski definition) is 1. The summed E-state index contributed by atoms with van der Waals surface area (Å²) in [6, 6.07) is 2.57. The van der Waals surface area contributed by atoms with E-state index < -0.39 is 23.6 Å². The summed E-state index contributed by atoms with van der Waals surface area (Å²) >= 11 is 0. The first-order valence-corrected chi connectivity index (χ1v) is 5.85. The monoisotopic (exact) mass is 273 g/mol. The zero-order valence-corrected chi connectivity index (χ0v) is 11.1. The van der Waals surface area contributed by atoms with Gasteiger partial charge >= 0.3 is 5.97 Å². The number of methoxy groups -OCH3 is 1. The standard InChI is InChI=1S/C13H17F2NO3/c1-8(2)16-12(13(17)18-3)7-19-9-4-5-10(14)11(15)6-9/h4-6,8,12,16H,7H2,1-3H3. The van der Waals surface area contributed by atoms with E-state index in [2.05, 4.69) is 10.1 Å². The molecule has 0 saturated carbocycles. The highest BCUT2D eigenvalue weighted by Gasteiger charge is 2.20. The number of benzene rings is 1. The first-order valence-electron chi connectivity index (χ1n) is 5.85. The predicted molar refractivity (Wildman–Crippen MR) is 65.9 cm³/mol. The van der Waals surface area contributed by atoms with Crippen LogP contribution >= 0.6 is 0 Å². The van der Waals surface area contributed by atoms with Crippen LogP contribution in [0.3, 0.4) is 0 Å². The summed E-state index contributed by atoms with van der Waals surface area (Å²) < 4.78 is 35.6. The first-order chi connectivity index (χ1) is 8.93. The second kappa shape index (κ2) is 7.04. The summed E-state index contributed by atoms with van der Waals surface area (Å²) in [6.45, 7) is 3.71.